The van der Waals surface area contributed by atoms with Gasteiger partial charge >= 0.3 is 0 Å². The molecule has 0 fully saturated rings. The maximum atomic E-state index is 6.47. The summed E-state index contributed by atoms with van der Waals surface area (Å²) in [6, 6.07) is 135. The highest BCUT2D eigenvalue weighted by Crippen LogP contribution is 2.49. The van der Waals surface area contributed by atoms with Crippen LogP contribution in [0.5, 0.6) is 0 Å². The molecular formula is C101H64BrNO2. The quantitative estimate of drug-likeness (QED) is 0.149. The standard InChI is InChI=1S/C50H31NO.C26H17Br.C25H16O/c1-3-14-32(15-4-1)48-39-20-7-8-21-40(39)49(33-16-5-2-6-17-33)44-31-35(27-28-41(44)48)51-45-24-11-9-18-37(45)43-30-34(26-29-46(43)51)36-22-13-23-42-38-19-10-12-25-47(38)52-50(36)42;27-20-15-16-23-24(17-20)26(19-11-5-2-6-12-19)22-14-8-7-13-21(22)25(23)18-9-3-1-4-10-18;1-2-7-19-16(6-1)14-17-12-13-18(15-23(17)19)20-9-5-10-22-21-8-3-4-11-24(21)26-25(20)22/h1-31H;1-17H;1-13,15H,14H2. The molecule has 4 heteroatoms. The van der Waals surface area contributed by atoms with E-state index in [1.165, 1.54) is 148 Å². The van der Waals surface area contributed by atoms with E-state index in [9.17, 15) is 0 Å². The van der Waals surface area contributed by atoms with Gasteiger partial charge in [-0.25, -0.2) is 0 Å². The average Bonchev–Trinajstić information content (AvgIpc) is 1.69. The second-order valence-electron chi connectivity index (χ2n) is 27.3. The van der Waals surface area contributed by atoms with E-state index in [1.807, 2.05) is 24.3 Å². The Bertz CT molecular complexity index is 6990. The van der Waals surface area contributed by atoms with Crippen molar-refractivity contribution in [3.05, 3.63) is 392 Å². The zero-order valence-electron chi connectivity index (χ0n) is 57.1. The van der Waals surface area contributed by atoms with E-state index in [2.05, 4.69) is 372 Å². The number of halogens is 1. The Kier molecular flexibility index (Phi) is 15.1. The number of fused-ring (bicyclic) bond motifs is 16. The predicted octanol–water partition coefficient (Wildman–Crippen LogP) is 28.9. The van der Waals surface area contributed by atoms with Gasteiger partial charge < -0.3 is 13.4 Å². The Morgan fingerprint density at radius 2 is 0.600 bits per heavy atom. The molecule has 492 valence electrons. The van der Waals surface area contributed by atoms with E-state index in [1.54, 1.807) is 0 Å². The van der Waals surface area contributed by atoms with Crippen LogP contribution in [0.3, 0.4) is 0 Å². The average molecular weight is 1400 g/mol. The third kappa shape index (κ3) is 10.5. The molecule has 0 atom stereocenters. The molecule has 3 nitrogen and oxygen atoms in total. The number of hydrogen-bond acceptors (Lipinski definition) is 2. The summed E-state index contributed by atoms with van der Waals surface area (Å²) in [6.07, 6.45) is 1.03. The summed E-state index contributed by atoms with van der Waals surface area (Å²) >= 11 is 3.68. The molecule has 0 unspecified atom stereocenters. The van der Waals surface area contributed by atoms with E-state index in [0.717, 1.165) is 66.4 Å². The van der Waals surface area contributed by atoms with Crippen molar-refractivity contribution in [1.82, 2.24) is 4.57 Å². The predicted molar refractivity (Wildman–Crippen MR) is 447 cm³/mol. The van der Waals surface area contributed by atoms with Crippen LogP contribution in [0.2, 0.25) is 0 Å². The number of nitrogens with zero attached hydrogens (tertiary/aromatic N) is 1. The Hall–Kier alpha value is -13.1. The van der Waals surface area contributed by atoms with Crippen LogP contribution in [-0.4, -0.2) is 4.57 Å². The Balaban J connectivity index is 0.000000116. The molecule has 3 aromatic heterocycles. The molecule has 1 aliphatic rings. The van der Waals surface area contributed by atoms with Gasteiger partial charge in [-0.2, -0.15) is 0 Å². The van der Waals surface area contributed by atoms with Crippen molar-refractivity contribution in [3.8, 4) is 83.6 Å². The summed E-state index contributed by atoms with van der Waals surface area (Å²) in [5.41, 5.74) is 27.5. The van der Waals surface area contributed by atoms with E-state index in [4.69, 9.17) is 8.83 Å². The summed E-state index contributed by atoms with van der Waals surface area (Å²) < 4.78 is 16.2. The van der Waals surface area contributed by atoms with Crippen molar-refractivity contribution in [2.45, 2.75) is 6.42 Å². The van der Waals surface area contributed by atoms with Crippen LogP contribution in [0.25, 0.3) is 192 Å². The lowest BCUT2D eigenvalue weighted by molar-refractivity contribution is 0.669. The highest BCUT2D eigenvalue weighted by Gasteiger charge is 2.24. The second-order valence-corrected chi connectivity index (χ2v) is 28.2. The van der Waals surface area contributed by atoms with Crippen molar-refractivity contribution < 1.29 is 8.83 Å². The molecule has 0 N–H and O–H groups in total. The summed E-state index contributed by atoms with van der Waals surface area (Å²) in [5.74, 6) is 0. The van der Waals surface area contributed by atoms with Crippen LogP contribution in [-0.2, 0) is 6.42 Å². The minimum absolute atomic E-state index is 0.914. The topological polar surface area (TPSA) is 31.2 Å². The number of rotatable bonds is 7. The van der Waals surface area contributed by atoms with Crippen LogP contribution < -0.4 is 0 Å². The van der Waals surface area contributed by atoms with Gasteiger partial charge in [0.25, 0.3) is 0 Å². The molecule has 18 aromatic carbocycles. The number of furan rings is 2. The molecule has 0 bridgehead atoms. The lowest BCUT2D eigenvalue weighted by atomic mass is 9.86. The molecule has 3 heterocycles. The summed E-state index contributed by atoms with van der Waals surface area (Å²) in [6.45, 7) is 0. The monoisotopic (exact) mass is 1400 g/mol. The van der Waals surface area contributed by atoms with Crippen LogP contribution in [0.4, 0.5) is 0 Å². The highest BCUT2D eigenvalue weighted by atomic mass is 79.9. The van der Waals surface area contributed by atoms with Crippen LogP contribution in [0.1, 0.15) is 11.1 Å². The molecule has 0 radical (unpaired) electrons. The van der Waals surface area contributed by atoms with Gasteiger partial charge in [0.05, 0.1) is 11.0 Å². The Labute approximate surface area is 615 Å². The van der Waals surface area contributed by atoms with Gasteiger partial charge in [-0.3, -0.25) is 0 Å². The van der Waals surface area contributed by atoms with Crippen LogP contribution in [0.15, 0.2) is 389 Å². The fourth-order valence-corrected chi connectivity index (χ4v) is 17.1. The number of hydrogen-bond donors (Lipinski definition) is 0. The molecule has 0 amide bonds. The van der Waals surface area contributed by atoms with Crippen molar-refractivity contribution >= 4 is 125 Å². The third-order valence-corrected chi connectivity index (χ3v) is 21.9. The van der Waals surface area contributed by atoms with E-state index < -0.39 is 0 Å². The van der Waals surface area contributed by atoms with Crippen molar-refractivity contribution in [2.75, 3.05) is 0 Å². The van der Waals surface area contributed by atoms with Crippen molar-refractivity contribution in [1.29, 1.82) is 0 Å². The minimum Gasteiger partial charge on any atom is -0.455 e. The molecule has 0 saturated heterocycles. The third-order valence-electron chi connectivity index (χ3n) is 21.4. The molecule has 21 aromatic rings. The van der Waals surface area contributed by atoms with Crippen molar-refractivity contribution in [3.63, 3.8) is 0 Å². The normalized spacial score (nSPS) is 11.8. The second kappa shape index (κ2) is 25.7. The van der Waals surface area contributed by atoms with Crippen LogP contribution in [0, 0.1) is 0 Å². The molecule has 0 aliphatic heterocycles. The van der Waals surface area contributed by atoms with Gasteiger partial charge in [-0.15, -0.1) is 0 Å². The van der Waals surface area contributed by atoms with Gasteiger partial charge in [0, 0.05) is 53.6 Å². The Morgan fingerprint density at radius 1 is 0.219 bits per heavy atom. The van der Waals surface area contributed by atoms with E-state index >= 15 is 0 Å². The zero-order valence-corrected chi connectivity index (χ0v) is 58.7. The molecule has 0 saturated carbocycles. The number of para-hydroxylation sites is 5. The maximum absolute atomic E-state index is 6.47. The zero-order chi connectivity index (χ0) is 69.5. The molecule has 1 aliphatic carbocycles. The smallest absolute Gasteiger partial charge is 0.143 e. The highest BCUT2D eigenvalue weighted by molar-refractivity contribution is 9.10. The largest absolute Gasteiger partial charge is 0.455 e. The summed E-state index contributed by atoms with van der Waals surface area (Å²) in [7, 11) is 0. The first-order valence-corrected chi connectivity index (χ1v) is 36.7. The lowest BCUT2D eigenvalue weighted by Crippen LogP contribution is -1.96. The number of aromatic nitrogens is 1. The molecule has 105 heavy (non-hydrogen) atoms. The first-order valence-electron chi connectivity index (χ1n) is 35.9. The summed E-state index contributed by atoms with van der Waals surface area (Å²) in [5, 5.41) is 17.2. The first kappa shape index (κ1) is 61.7. The molecular weight excluding hydrogens is 1340 g/mol. The number of benzene rings is 18. The van der Waals surface area contributed by atoms with Crippen molar-refractivity contribution in [2.24, 2.45) is 0 Å². The first-order chi connectivity index (χ1) is 52.0. The van der Waals surface area contributed by atoms with E-state index in [0.29, 0.717) is 0 Å². The van der Waals surface area contributed by atoms with Gasteiger partial charge in [0.15, 0.2) is 0 Å². The Morgan fingerprint density at radius 3 is 1.14 bits per heavy atom. The fraction of sp³-hybridized carbons (Fsp3) is 0.00990. The molecule has 22 rings (SSSR count). The fourth-order valence-electron chi connectivity index (χ4n) is 16.8. The van der Waals surface area contributed by atoms with Gasteiger partial charge in [-0.1, -0.05) is 331 Å². The lowest BCUT2D eigenvalue weighted by Gasteiger charge is -2.19. The minimum atomic E-state index is 0.914. The SMILES string of the molecule is Brc1ccc2c(-c3ccccc3)c3ccccc3c(-c3ccccc3)c2c1.c1ccc(-c2c3ccccc3c(-c3ccccc3)c3cc(-n4c5ccccc5c5cc(-c6cccc7c6oc6ccccc67)ccc54)ccc23)cc1.c1ccc2c(c1)Cc1ccc(-c3cccc4c3oc3ccccc34)cc1-2. The van der Waals surface area contributed by atoms with Crippen LogP contribution >= 0.6 is 15.9 Å². The van der Waals surface area contributed by atoms with E-state index in [-0.39, 0.29) is 0 Å². The molecule has 0 spiro atoms. The van der Waals surface area contributed by atoms with Gasteiger partial charge in [0.2, 0.25) is 0 Å². The van der Waals surface area contributed by atoms with Gasteiger partial charge in [0.1, 0.15) is 22.3 Å². The maximum Gasteiger partial charge on any atom is 0.143 e. The summed E-state index contributed by atoms with van der Waals surface area (Å²) in [4.78, 5) is 0. The van der Waals surface area contributed by atoms with Gasteiger partial charge in [-0.05, 0) is 188 Å².